The van der Waals surface area contributed by atoms with Crippen molar-refractivity contribution in [3.8, 4) is 11.5 Å². The predicted molar refractivity (Wildman–Crippen MR) is 134 cm³/mol. The van der Waals surface area contributed by atoms with E-state index in [-0.39, 0.29) is 24.4 Å². The Balaban J connectivity index is 1.60. The zero-order chi connectivity index (χ0) is 24.1. The smallest absolute Gasteiger partial charge is 0.254 e. The van der Waals surface area contributed by atoms with Gasteiger partial charge in [-0.05, 0) is 65.7 Å². The summed E-state index contributed by atoms with van der Waals surface area (Å²) in [5, 5.41) is 2.09. The highest BCUT2D eigenvalue weighted by Crippen LogP contribution is 2.38. The molecule has 4 rings (SSSR count). The average molecular weight is 479 g/mol. The Labute approximate surface area is 204 Å². The molecule has 34 heavy (non-hydrogen) atoms. The minimum Gasteiger partial charge on any atom is -0.497 e. The lowest BCUT2D eigenvalue weighted by molar-refractivity contribution is -0.134. The molecule has 0 radical (unpaired) electrons. The van der Waals surface area contributed by atoms with E-state index in [9.17, 15) is 9.59 Å². The Hall–Kier alpha value is -3.32. The number of hydrogen-bond donors (Lipinski definition) is 0. The van der Waals surface area contributed by atoms with Crippen molar-refractivity contribution in [2.75, 3.05) is 33.9 Å². The molecule has 1 aliphatic heterocycles. The summed E-state index contributed by atoms with van der Waals surface area (Å²) in [6, 6.07) is 16.9. The van der Waals surface area contributed by atoms with Crippen molar-refractivity contribution in [2.24, 2.45) is 0 Å². The molecule has 1 aromatic heterocycles. The van der Waals surface area contributed by atoms with Crippen LogP contribution in [0.15, 0.2) is 60.0 Å². The van der Waals surface area contributed by atoms with Gasteiger partial charge in [-0.1, -0.05) is 25.1 Å². The molecule has 0 N–H and O–H groups in total. The molecule has 0 bridgehead atoms. The van der Waals surface area contributed by atoms with Gasteiger partial charge in [0.1, 0.15) is 18.0 Å². The van der Waals surface area contributed by atoms with Gasteiger partial charge in [-0.2, -0.15) is 0 Å². The first-order chi connectivity index (χ1) is 16.5. The number of carbonyl (C=O) groups excluding carboxylic acids is 2. The van der Waals surface area contributed by atoms with Crippen LogP contribution in [0.25, 0.3) is 0 Å². The number of benzene rings is 2. The van der Waals surface area contributed by atoms with Gasteiger partial charge in [0.2, 0.25) is 5.91 Å². The second-order valence-electron chi connectivity index (χ2n) is 8.27. The number of rotatable bonds is 8. The number of fused-ring (bicyclic) bond motifs is 1. The monoisotopic (exact) mass is 478 g/mol. The average Bonchev–Trinajstić information content (AvgIpc) is 3.36. The Morgan fingerprint density at radius 1 is 1.06 bits per heavy atom. The molecule has 7 heteroatoms. The molecule has 2 aromatic carbocycles. The van der Waals surface area contributed by atoms with Gasteiger partial charge in [-0.25, -0.2) is 0 Å². The zero-order valence-corrected chi connectivity index (χ0v) is 20.6. The highest BCUT2D eigenvalue weighted by atomic mass is 32.1. The maximum atomic E-state index is 13.7. The highest BCUT2D eigenvalue weighted by Gasteiger charge is 2.34. The van der Waals surface area contributed by atoms with Gasteiger partial charge in [0, 0.05) is 23.5 Å². The summed E-state index contributed by atoms with van der Waals surface area (Å²) >= 11 is 1.73. The number of ether oxygens (including phenoxy) is 2. The van der Waals surface area contributed by atoms with E-state index in [1.807, 2.05) is 36.1 Å². The lowest BCUT2D eigenvalue weighted by Crippen LogP contribution is -2.47. The van der Waals surface area contributed by atoms with Gasteiger partial charge in [0.05, 0.1) is 20.3 Å². The van der Waals surface area contributed by atoms with E-state index in [2.05, 4.69) is 11.4 Å². The van der Waals surface area contributed by atoms with Crippen LogP contribution in [-0.2, 0) is 11.2 Å². The van der Waals surface area contributed by atoms with E-state index in [0.717, 1.165) is 29.7 Å². The number of nitrogens with zero attached hydrogens (tertiary/aromatic N) is 2. The van der Waals surface area contributed by atoms with Crippen LogP contribution in [0, 0.1) is 0 Å². The van der Waals surface area contributed by atoms with Gasteiger partial charge in [-0.3, -0.25) is 9.59 Å². The van der Waals surface area contributed by atoms with E-state index in [4.69, 9.17) is 9.47 Å². The molecule has 0 fully saturated rings. The minimum atomic E-state index is -0.177. The Morgan fingerprint density at radius 2 is 1.82 bits per heavy atom. The largest absolute Gasteiger partial charge is 0.497 e. The normalized spacial score (nSPS) is 14.9. The maximum Gasteiger partial charge on any atom is 0.254 e. The Morgan fingerprint density at radius 3 is 2.53 bits per heavy atom. The molecule has 178 valence electrons. The predicted octanol–water partition coefficient (Wildman–Crippen LogP) is 4.79. The third-order valence-electron chi connectivity index (χ3n) is 6.14. The third kappa shape index (κ3) is 4.94. The quantitative estimate of drug-likeness (QED) is 0.467. The Bertz CT molecular complexity index is 1140. The SMILES string of the molecule is CCCN(CC(=O)N1CCc2sccc2C1c1ccc(OC)cc1)C(=O)c1cccc(OC)c1. The molecule has 1 atom stereocenters. The summed E-state index contributed by atoms with van der Waals surface area (Å²) in [5.74, 6) is 1.18. The second kappa shape index (κ2) is 10.7. The molecule has 6 nitrogen and oxygen atoms in total. The molecule has 0 aliphatic carbocycles. The van der Waals surface area contributed by atoms with Crippen molar-refractivity contribution in [3.63, 3.8) is 0 Å². The molecule has 2 heterocycles. The van der Waals surface area contributed by atoms with E-state index in [0.29, 0.717) is 24.4 Å². The van der Waals surface area contributed by atoms with Crippen LogP contribution in [-0.4, -0.2) is 55.5 Å². The van der Waals surface area contributed by atoms with Crippen LogP contribution < -0.4 is 9.47 Å². The van der Waals surface area contributed by atoms with Crippen molar-refractivity contribution < 1.29 is 19.1 Å². The van der Waals surface area contributed by atoms with Crippen LogP contribution in [0.3, 0.4) is 0 Å². The fourth-order valence-electron chi connectivity index (χ4n) is 4.45. The second-order valence-corrected chi connectivity index (χ2v) is 9.27. The summed E-state index contributed by atoms with van der Waals surface area (Å²) < 4.78 is 10.6. The molecule has 1 unspecified atom stereocenters. The van der Waals surface area contributed by atoms with Gasteiger partial charge >= 0.3 is 0 Å². The third-order valence-corrected chi connectivity index (χ3v) is 7.14. The number of methoxy groups -OCH3 is 2. The fraction of sp³-hybridized carbons (Fsp3) is 0.333. The zero-order valence-electron chi connectivity index (χ0n) is 19.8. The summed E-state index contributed by atoms with van der Waals surface area (Å²) in [6.45, 7) is 3.17. The van der Waals surface area contributed by atoms with Crippen LogP contribution in [0.4, 0.5) is 0 Å². The maximum absolute atomic E-state index is 13.7. The van der Waals surface area contributed by atoms with Crippen molar-refractivity contribution in [3.05, 3.63) is 81.5 Å². The minimum absolute atomic E-state index is 0.0377. The van der Waals surface area contributed by atoms with Gasteiger partial charge < -0.3 is 19.3 Å². The first kappa shape index (κ1) is 23.8. The summed E-state index contributed by atoms with van der Waals surface area (Å²) in [7, 11) is 3.22. The molecular weight excluding hydrogens is 448 g/mol. The summed E-state index contributed by atoms with van der Waals surface area (Å²) in [4.78, 5) is 31.8. The summed E-state index contributed by atoms with van der Waals surface area (Å²) in [6.07, 6.45) is 1.59. The molecule has 2 amide bonds. The number of hydrogen-bond acceptors (Lipinski definition) is 5. The standard InChI is InChI=1S/C27H30N2O4S/c1-4-14-28(27(31)20-6-5-7-22(17-20)33-3)18-25(30)29-15-12-24-23(13-16-34-24)26(29)19-8-10-21(32-2)11-9-19/h5-11,13,16-17,26H,4,12,14-15,18H2,1-3H3. The fourth-order valence-corrected chi connectivity index (χ4v) is 5.35. The van der Waals surface area contributed by atoms with E-state index < -0.39 is 0 Å². The van der Waals surface area contributed by atoms with Crippen molar-refractivity contribution in [2.45, 2.75) is 25.8 Å². The van der Waals surface area contributed by atoms with Crippen molar-refractivity contribution in [1.29, 1.82) is 0 Å². The number of amides is 2. The molecule has 0 saturated carbocycles. The van der Waals surface area contributed by atoms with E-state index in [1.54, 1.807) is 54.7 Å². The van der Waals surface area contributed by atoms with E-state index in [1.165, 1.54) is 4.88 Å². The molecule has 0 spiro atoms. The van der Waals surface area contributed by atoms with Gasteiger partial charge in [-0.15, -0.1) is 11.3 Å². The highest BCUT2D eigenvalue weighted by molar-refractivity contribution is 7.10. The first-order valence-corrected chi connectivity index (χ1v) is 12.4. The van der Waals surface area contributed by atoms with Crippen LogP contribution in [0.2, 0.25) is 0 Å². The van der Waals surface area contributed by atoms with Gasteiger partial charge in [0.25, 0.3) is 5.91 Å². The molecule has 0 saturated heterocycles. The molecule has 3 aromatic rings. The topological polar surface area (TPSA) is 59.1 Å². The Kier molecular flexibility index (Phi) is 7.53. The van der Waals surface area contributed by atoms with Crippen LogP contribution >= 0.6 is 11.3 Å². The van der Waals surface area contributed by atoms with Gasteiger partial charge in [0.15, 0.2) is 0 Å². The molecule has 1 aliphatic rings. The number of thiophene rings is 1. The first-order valence-electron chi connectivity index (χ1n) is 11.5. The van der Waals surface area contributed by atoms with Crippen LogP contribution in [0.5, 0.6) is 11.5 Å². The number of carbonyl (C=O) groups is 2. The lowest BCUT2D eigenvalue weighted by atomic mass is 9.93. The van der Waals surface area contributed by atoms with Crippen molar-refractivity contribution in [1.82, 2.24) is 9.80 Å². The summed E-state index contributed by atoms with van der Waals surface area (Å²) in [5.41, 5.74) is 2.72. The van der Waals surface area contributed by atoms with Crippen LogP contribution in [0.1, 0.15) is 45.7 Å². The van der Waals surface area contributed by atoms with E-state index >= 15 is 0 Å². The lowest BCUT2D eigenvalue weighted by Gasteiger charge is -2.37. The molecular formula is C27H30N2O4S. The van der Waals surface area contributed by atoms with Crippen molar-refractivity contribution >= 4 is 23.2 Å².